The van der Waals surface area contributed by atoms with E-state index in [1.54, 1.807) is 6.21 Å². The molecule has 0 spiro atoms. The fourth-order valence-electron chi connectivity index (χ4n) is 8.66. The van der Waals surface area contributed by atoms with Crippen molar-refractivity contribution in [2.45, 2.75) is 13.8 Å². The van der Waals surface area contributed by atoms with Crippen LogP contribution >= 0.6 is 0 Å². The molecule has 0 aliphatic heterocycles. The standard InChI is InChI=1S/C58H40N4/c1-37-20-24-39(25-21-37)36-61-58(62-57(60)42-26-22-38(2)23-27-42)44-11-7-10-43(34-44)46-12-3-4-13-48(46)51-17-8-16-45(55(51)35-59)40-28-30-41(31-29-40)47-32-33-54-50-15-6-5-14-49(50)53-19-9-18-52(47)56(53)54/h3-34,36,60H,1-2H3. The Morgan fingerprint density at radius 1 is 0.468 bits per heavy atom. The van der Waals surface area contributed by atoms with E-state index in [0.717, 1.165) is 55.6 Å². The van der Waals surface area contributed by atoms with Crippen LogP contribution in [0.4, 0.5) is 0 Å². The average molecular weight is 793 g/mol. The zero-order chi connectivity index (χ0) is 42.2. The minimum atomic E-state index is 0.131. The first kappa shape index (κ1) is 38.0. The molecule has 1 N–H and O–H groups in total. The maximum absolute atomic E-state index is 10.8. The van der Waals surface area contributed by atoms with E-state index >= 15 is 0 Å². The molecule has 0 heterocycles. The molecule has 0 saturated carbocycles. The Morgan fingerprint density at radius 3 is 1.69 bits per heavy atom. The van der Waals surface area contributed by atoms with Gasteiger partial charge in [0.1, 0.15) is 6.07 Å². The summed E-state index contributed by atoms with van der Waals surface area (Å²) in [4.78, 5) is 9.65. The van der Waals surface area contributed by atoms with E-state index in [9.17, 15) is 5.26 Å². The number of aliphatic imine (C=N–C) groups is 2. The molecule has 1 aliphatic rings. The number of nitrogens with one attached hydrogen (secondary N) is 1. The van der Waals surface area contributed by atoms with Crippen molar-refractivity contribution in [2.24, 2.45) is 9.98 Å². The Balaban J connectivity index is 1.01. The lowest BCUT2D eigenvalue weighted by molar-refractivity contribution is 1.38. The second-order valence-electron chi connectivity index (χ2n) is 15.8. The highest BCUT2D eigenvalue weighted by Gasteiger charge is 2.22. The molecule has 292 valence electrons. The number of benzene rings is 9. The molecule has 9 aromatic carbocycles. The Kier molecular flexibility index (Phi) is 9.84. The van der Waals surface area contributed by atoms with Gasteiger partial charge in [0.05, 0.1) is 5.56 Å². The summed E-state index contributed by atoms with van der Waals surface area (Å²) in [5.41, 5.74) is 18.4. The molecule has 4 nitrogen and oxygen atoms in total. The van der Waals surface area contributed by atoms with Crippen LogP contribution in [-0.4, -0.2) is 17.9 Å². The molecule has 62 heavy (non-hydrogen) atoms. The van der Waals surface area contributed by atoms with Gasteiger partial charge in [0.15, 0.2) is 11.7 Å². The van der Waals surface area contributed by atoms with Gasteiger partial charge in [-0.15, -0.1) is 0 Å². The molecule has 0 atom stereocenters. The van der Waals surface area contributed by atoms with Gasteiger partial charge >= 0.3 is 0 Å². The van der Waals surface area contributed by atoms with E-state index in [4.69, 9.17) is 15.4 Å². The zero-order valence-electron chi connectivity index (χ0n) is 34.4. The van der Waals surface area contributed by atoms with Crippen molar-refractivity contribution in [3.05, 3.63) is 228 Å². The molecule has 9 aromatic rings. The van der Waals surface area contributed by atoms with Crippen LogP contribution in [-0.2, 0) is 0 Å². The fraction of sp³-hybridized carbons (Fsp3) is 0.0345. The van der Waals surface area contributed by atoms with Gasteiger partial charge in [-0.1, -0.05) is 199 Å². The minimum Gasteiger partial charge on any atom is -0.282 e. The van der Waals surface area contributed by atoms with Crippen LogP contribution in [0.15, 0.2) is 204 Å². The second-order valence-corrected chi connectivity index (χ2v) is 15.8. The molecular formula is C58H40N4. The van der Waals surface area contributed by atoms with Crippen molar-refractivity contribution >= 4 is 28.7 Å². The highest BCUT2D eigenvalue weighted by molar-refractivity contribution is 6.19. The van der Waals surface area contributed by atoms with E-state index in [2.05, 4.69) is 128 Å². The van der Waals surface area contributed by atoms with Gasteiger partial charge in [-0.2, -0.15) is 5.26 Å². The Labute approximate surface area is 362 Å². The smallest absolute Gasteiger partial charge is 0.161 e. The van der Waals surface area contributed by atoms with Crippen molar-refractivity contribution < 1.29 is 0 Å². The summed E-state index contributed by atoms with van der Waals surface area (Å²) in [5.74, 6) is 0.562. The lowest BCUT2D eigenvalue weighted by atomic mass is 9.87. The van der Waals surface area contributed by atoms with Crippen molar-refractivity contribution in [1.82, 2.24) is 0 Å². The predicted molar refractivity (Wildman–Crippen MR) is 258 cm³/mol. The van der Waals surface area contributed by atoms with Crippen LogP contribution in [0.2, 0.25) is 0 Å². The lowest BCUT2D eigenvalue weighted by Crippen LogP contribution is -2.05. The molecule has 0 unspecified atom stereocenters. The van der Waals surface area contributed by atoms with E-state index in [-0.39, 0.29) is 5.84 Å². The minimum absolute atomic E-state index is 0.131. The number of hydrogen-bond donors (Lipinski definition) is 1. The third-order valence-electron chi connectivity index (χ3n) is 11.8. The van der Waals surface area contributed by atoms with Crippen molar-refractivity contribution in [1.29, 1.82) is 10.7 Å². The van der Waals surface area contributed by atoms with Gasteiger partial charge < -0.3 is 0 Å². The number of aryl methyl sites for hydroxylation is 2. The van der Waals surface area contributed by atoms with Gasteiger partial charge in [0.2, 0.25) is 0 Å². The molecule has 0 fully saturated rings. The first-order chi connectivity index (χ1) is 30.4. The molecule has 0 radical (unpaired) electrons. The topological polar surface area (TPSA) is 72.4 Å². The SMILES string of the molecule is Cc1ccc(C=NC(=NC(=N)c2ccc(C)cc2)c2cccc(-c3ccccc3-c3cccc(-c4ccc(-c5ccc6c7c(cccc57)-c5ccccc5-6)cc4)c3C#N)c2)cc1. The van der Waals surface area contributed by atoms with Gasteiger partial charge in [-0.05, 0) is 91.9 Å². The van der Waals surface area contributed by atoms with Crippen LogP contribution in [0.25, 0.3) is 77.5 Å². The number of nitriles is 1. The fourth-order valence-corrected chi connectivity index (χ4v) is 8.66. The first-order valence-electron chi connectivity index (χ1n) is 20.8. The number of amidine groups is 2. The van der Waals surface area contributed by atoms with Crippen molar-refractivity contribution in [2.75, 3.05) is 0 Å². The Hall–Kier alpha value is -8.26. The van der Waals surface area contributed by atoms with Crippen LogP contribution < -0.4 is 0 Å². The first-order valence-corrected chi connectivity index (χ1v) is 20.8. The number of nitrogens with zero attached hydrogens (tertiary/aromatic N) is 3. The predicted octanol–water partition coefficient (Wildman–Crippen LogP) is 14.5. The molecule has 0 saturated heterocycles. The highest BCUT2D eigenvalue weighted by atomic mass is 14.9. The average Bonchev–Trinajstić information content (AvgIpc) is 3.65. The largest absolute Gasteiger partial charge is 0.282 e. The zero-order valence-corrected chi connectivity index (χ0v) is 34.4. The molecule has 0 amide bonds. The van der Waals surface area contributed by atoms with Gasteiger partial charge in [0.25, 0.3) is 0 Å². The van der Waals surface area contributed by atoms with E-state index < -0.39 is 0 Å². The van der Waals surface area contributed by atoms with Crippen molar-refractivity contribution in [3.63, 3.8) is 0 Å². The third kappa shape index (κ3) is 7.02. The number of rotatable bonds is 7. The van der Waals surface area contributed by atoms with Crippen molar-refractivity contribution in [3.8, 4) is 72.8 Å². The summed E-state index contributed by atoms with van der Waals surface area (Å²) in [7, 11) is 0. The van der Waals surface area contributed by atoms with Gasteiger partial charge in [-0.3, -0.25) is 5.41 Å². The second kappa shape index (κ2) is 16.1. The summed E-state index contributed by atoms with van der Waals surface area (Å²) in [6.07, 6.45) is 1.80. The molecule has 10 rings (SSSR count). The van der Waals surface area contributed by atoms with Crippen LogP contribution in [0.1, 0.15) is 33.4 Å². The maximum atomic E-state index is 10.8. The summed E-state index contributed by atoms with van der Waals surface area (Å²) in [6.45, 7) is 4.09. The Bertz CT molecular complexity index is 3280. The van der Waals surface area contributed by atoms with E-state index in [1.165, 1.54) is 44.2 Å². The van der Waals surface area contributed by atoms with Crippen LogP contribution in [0.5, 0.6) is 0 Å². The van der Waals surface area contributed by atoms with E-state index in [1.807, 2.05) is 85.8 Å². The quantitative estimate of drug-likeness (QED) is 0.127. The van der Waals surface area contributed by atoms with Crippen LogP contribution in [0, 0.1) is 30.6 Å². The normalized spacial score (nSPS) is 11.8. The maximum Gasteiger partial charge on any atom is 0.161 e. The van der Waals surface area contributed by atoms with Gasteiger partial charge in [0, 0.05) is 28.5 Å². The lowest BCUT2D eigenvalue weighted by Gasteiger charge is -2.15. The molecule has 0 aromatic heterocycles. The summed E-state index contributed by atoms with van der Waals surface area (Å²) < 4.78 is 0. The molecule has 0 bridgehead atoms. The summed E-state index contributed by atoms with van der Waals surface area (Å²) >= 11 is 0. The Morgan fingerprint density at radius 2 is 1.00 bits per heavy atom. The van der Waals surface area contributed by atoms with Crippen LogP contribution in [0.3, 0.4) is 0 Å². The monoisotopic (exact) mass is 792 g/mol. The third-order valence-corrected chi connectivity index (χ3v) is 11.8. The molecule has 4 heteroatoms. The van der Waals surface area contributed by atoms with Gasteiger partial charge in [-0.25, -0.2) is 9.98 Å². The summed E-state index contributed by atoms with van der Waals surface area (Å²) in [6, 6.07) is 69.4. The molecule has 1 aliphatic carbocycles. The number of hydrogen-bond acceptors (Lipinski definition) is 2. The highest BCUT2D eigenvalue weighted by Crippen LogP contribution is 2.49. The molecular weight excluding hydrogens is 753 g/mol. The van der Waals surface area contributed by atoms with E-state index in [0.29, 0.717) is 17.0 Å². The summed E-state index contributed by atoms with van der Waals surface area (Å²) in [5, 5.41) is 22.3. The number of fused-ring (bicyclic) bond motifs is 3.